The molecule has 0 saturated carbocycles. The Labute approximate surface area is 506 Å². The lowest BCUT2D eigenvalue weighted by Crippen LogP contribution is -2.41. The van der Waals surface area contributed by atoms with Crippen molar-refractivity contribution >= 4 is 56.0 Å². The molecule has 0 aliphatic carbocycles. The van der Waals surface area contributed by atoms with Crippen LogP contribution < -0.4 is 5.46 Å². The Bertz CT molecular complexity index is 3690. The first-order valence-electron chi connectivity index (χ1n) is 26.5. The zero-order valence-electron chi connectivity index (χ0n) is 46.3. The van der Waals surface area contributed by atoms with Gasteiger partial charge in [0, 0.05) is 36.8 Å². The van der Waals surface area contributed by atoms with Gasteiger partial charge in [0.25, 0.3) is 0 Å². The van der Waals surface area contributed by atoms with E-state index in [1.807, 2.05) is 149 Å². The summed E-state index contributed by atoms with van der Waals surface area (Å²) in [5, 5.41) is 0.202. The third kappa shape index (κ3) is 13.4. The van der Waals surface area contributed by atoms with Crippen molar-refractivity contribution in [1.29, 1.82) is 0 Å². The van der Waals surface area contributed by atoms with Crippen molar-refractivity contribution in [3.05, 3.63) is 255 Å². The number of hydrogen-bond donors (Lipinski definition) is 0. The summed E-state index contributed by atoms with van der Waals surface area (Å²) in [5.41, 5.74) is 0.103. The summed E-state index contributed by atoms with van der Waals surface area (Å²) in [6.45, 7) is 10.2. The summed E-state index contributed by atoms with van der Waals surface area (Å²) in [4.78, 5) is 26.8. The van der Waals surface area contributed by atoms with Crippen LogP contribution in [0.15, 0.2) is 227 Å². The molecule has 1 fully saturated rings. The molecule has 11 rings (SSSR count). The highest BCUT2D eigenvalue weighted by Gasteiger charge is 2.55. The van der Waals surface area contributed by atoms with E-state index in [0.717, 1.165) is 31.2 Å². The molecule has 1 aliphatic rings. The van der Waals surface area contributed by atoms with Gasteiger partial charge in [0.15, 0.2) is 29.1 Å². The molecule has 426 valence electrons. The molecule has 8 nitrogen and oxygen atoms in total. The summed E-state index contributed by atoms with van der Waals surface area (Å²) in [6.07, 6.45) is -8.96. The maximum absolute atomic E-state index is 14.4. The molecule has 8 aromatic carbocycles. The molecule has 18 heteroatoms. The van der Waals surface area contributed by atoms with Gasteiger partial charge < -0.3 is 9.31 Å². The molecule has 0 amide bonds. The van der Waals surface area contributed by atoms with Crippen LogP contribution in [0.2, 0.25) is 5.28 Å². The molecule has 2 atom stereocenters. The van der Waals surface area contributed by atoms with Gasteiger partial charge in [-0.05, 0) is 105 Å². The van der Waals surface area contributed by atoms with Crippen LogP contribution in [0, 0.1) is 0 Å². The molecule has 2 unspecified atom stereocenters. The average Bonchev–Trinajstić information content (AvgIpc) is 3.40. The second kappa shape index (κ2) is 25.0. The van der Waals surface area contributed by atoms with Gasteiger partial charge in [0.1, 0.15) is 10.8 Å². The van der Waals surface area contributed by atoms with Crippen LogP contribution in [0.25, 0.3) is 56.9 Å². The van der Waals surface area contributed by atoms with Gasteiger partial charge in [0.05, 0.1) is 11.2 Å². The number of nitrogens with zero attached hydrogens (tertiary/aromatic N) is 6. The van der Waals surface area contributed by atoms with E-state index in [9.17, 15) is 26.3 Å². The van der Waals surface area contributed by atoms with Crippen molar-refractivity contribution in [1.82, 2.24) is 29.9 Å². The Hall–Kier alpha value is -7.41. The predicted octanol–water partition coefficient (Wildman–Crippen LogP) is 18.0. The Morgan fingerprint density at radius 2 is 0.595 bits per heavy atom. The van der Waals surface area contributed by atoms with E-state index in [0.29, 0.717) is 40.1 Å². The Morgan fingerprint density at radius 1 is 0.357 bits per heavy atom. The van der Waals surface area contributed by atoms with E-state index in [4.69, 9.17) is 20.9 Å². The SMILES string of the molecule is CC(c1ccc(Br)cc1)(c1ccc(-c2nc(-c3ccccc3)nc(-c3ccccc3)n2)cc1)C(F)(F)F.CC1(C)OB(c2ccc(C(C)(c3ccc(Br)cc3)C(F)(F)F)cc2)OC1(C)C.Clc1nc(-c2ccccc2)nc(-c2ccccc2)n1. The molecule has 84 heavy (non-hydrogen) atoms. The number of rotatable bonds is 10. The smallest absolute Gasteiger partial charge is 0.399 e. The Balaban J connectivity index is 0.000000159. The number of halogens is 9. The summed E-state index contributed by atoms with van der Waals surface area (Å²) in [6, 6.07) is 63.5. The minimum absolute atomic E-state index is 0.131. The molecular weight excluding hydrogens is 1230 g/mol. The highest BCUT2D eigenvalue weighted by molar-refractivity contribution is 9.10. The first-order chi connectivity index (χ1) is 39.9. The zero-order valence-corrected chi connectivity index (χ0v) is 50.2. The monoisotopic (exact) mass is 1280 g/mol. The van der Waals surface area contributed by atoms with E-state index in [1.54, 1.807) is 48.5 Å². The maximum Gasteiger partial charge on any atom is 0.494 e. The van der Waals surface area contributed by atoms with Crippen molar-refractivity contribution in [2.24, 2.45) is 0 Å². The topological polar surface area (TPSA) is 95.8 Å². The molecule has 0 spiro atoms. The normalized spacial score (nSPS) is 15.1. The molecule has 2 aromatic heterocycles. The van der Waals surface area contributed by atoms with Gasteiger partial charge in [-0.25, -0.2) is 19.9 Å². The first kappa shape index (κ1) is 61.2. The molecule has 0 radical (unpaired) electrons. The number of hydrogen-bond acceptors (Lipinski definition) is 8. The van der Waals surface area contributed by atoms with Gasteiger partial charge in [-0.1, -0.05) is 226 Å². The van der Waals surface area contributed by atoms with Crippen LogP contribution >= 0.6 is 43.5 Å². The maximum atomic E-state index is 14.4. The molecular formula is C66H54BBr2ClF6N6O2. The summed E-state index contributed by atoms with van der Waals surface area (Å²) >= 11 is 12.6. The molecule has 3 heterocycles. The standard InChI is InChI=1S/C30H21BrF3N3.C21H23BBrF3O2.C15H10ClN3/c1-29(30(32,33)34,24-16-18-25(31)19-17-24)23-14-12-22(13-15-23)28-36-26(20-8-4-2-5-9-20)35-27(37-28)21-10-6-3-7-11-21;1-18(2)19(3,4)28-22(27-18)16-10-6-14(7-11-16)20(5,21(24,25)26)15-8-12-17(23)13-9-15;16-15-18-13(11-7-3-1-4-8-11)17-14(19-15)12-9-5-2-6-10-12/h2-19H,1H3;6-13H,1-5H3;1-10H. The second-order valence-corrected chi connectivity index (χ2v) is 23.2. The quantitative estimate of drug-likeness (QED) is 0.0987. The molecule has 1 aliphatic heterocycles. The third-order valence-corrected chi connectivity index (χ3v) is 16.3. The molecule has 0 bridgehead atoms. The van der Waals surface area contributed by atoms with Gasteiger partial charge in [-0.2, -0.15) is 36.3 Å². The minimum atomic E-state index is -4.50. The summed E-state index contributed by atoms with van der Waals surface area (Å²) < 4.78 is 99.1. The predicted molar refractivity (Wildman–Crippen MR) is 327 cm³/mol. The van der Waals surface area contributed by atoms with Crippen LogP contribution in [0.4, 0.5) is 26.3 Å². The zero-order chi connectivity index (χ0) is 60.1. The fraction of sp³-hybridized carbons (Fsp3) is 0.182. The van der Waals surface area contributed by atoms with Crippen LogP contribution in [0.5, 0.6) is 0 Å². The Kier molecular flexibility index (Phi) is 18.2. The number of aromatic nitrogens is 6. The highest BCUT2D eigenvalue weighted by atomic mass is 79.9. The van der Waals surface area contributed by atoms with Crippen molar-refractivity contribution < 1.29 is 35.7 Å². The van der Waals surface area contributed by atoms with Crippen LogP contribution in [0.1, 0.15) is 63.8 Å². The summed E-state index contributed by atoms with van der Waals surface area (Å²) in [5.74, 6) is 2.53. The van der Waals surface area contributed by atoms with E-state index in [-0.39, 0.29) is 27.5 Å². The van der Waals surface area contributed by atoms with Crippen molar-refractivity contribution in [2.45, 2.75) is 75.9 Å². The van der Waals surface area contributed by atoms with Gasteiger partial charge >= 0.3 is 19.5 Å². The minimum Gasteiger partial charge on any atom is -0.399 e. The van der Waals surface area contributed by atoms with Crippen LogP contribution in [-0.2, 0) is 20.1 Å². The van der Waals surface area contributed by atoms with Gasteiger partial charge in [-0.15, -0.1) is 0 Å². The first-order valence-corrected chi connectivity index (χ1v) is 28.4. The molecule has 1 saturated heterocycles. The Morgan fingerprint density at radius 3 is 0.869 bits per heavy atom. The fourth-order valence-corrected chi connectivity index (χ4v) is 9.87. The number of alkyl halides is 6. The fourth-order valence-electron chi connectivity index (χ4n) is 9.18. The van der Waals surface area contributed by atoms with Crippen molar-refractivity contribution in [2.75, 3.05) is 0 Å². The van der Waals surface area contributed by atoms with E-state index >= 15 is 0 Å². The highest BCUT2D eigenvalue weighted by Crippen LogP contribution is 2.48. The lowest BCUT2D eigenvalue weighted by molar-refractivity contribution is -0.173. The molecule has 0 N–H and O–H groups in total. The average molecular weight is 1280 g/mol. The van der Waals surface area contributed by atoms with E-state index in [2.05, 4.69) is 61.8 Å². The lowest BCUT2D eigenvalue weighted by atomic mass is 9.73. The molecule has 10 aromatic rings. The van der Waals surface area contributed by atoms with Crippen molar-refractivity contribution in [3.8, 4) is 56.9 Å². The lowest BCUT2D eigenvalue weighted by Gasteiger charge is -2.33. The summed E-state index contributed by atoms with van der Waals surface area (Å²) in [7, 11) is -0.608. The van der Waals surface area contributed by atoms with Crippen LogP contribution in [-0.4, -0.2) is 60.6 Å². The van der Waals surface area contributed by atoms with Gasteiger partial charge in [0.2, 0.25) is 5.28 Å². The third-order valence-electron chi connectivity index (χ3n) is 15.1. The largest absolute Gasteiger partial charge is 0.494 e. The number of benzene rings is 8. The van der Waals surface area contributed by atoms with Crippen LogP contribution in [0.3, 0.4) is 0 Å². The van der Waals surface area contributed by atoms with E-state index in [1.165, 1.54) is 62.4 Å². The van der Waals surface area contributed by atoms with Crippen molar-refractivity contribution in [3.63, 3.8) is 0 Å². The second-order valence-electron chi connectivity index (χ2n) is 21.1. The van der Waals surface area contributed by atoms with Gasteiger partial charge in [-0.3, -0.25) is 0 Å². The van der Waals surface area contributed by atoms with E-state index < -0.39 is 41.5 Å².